The van der Waals surface area contributed by atoms with Crippen LogP contribution >= 0.6 is 11.8 Å². The van der Waals surface area contributed by atoms with Gasteiger partial charge in [0, 0.05) is 28.2 Å². The fourth-order valence-corrected chi connectivity index (χ4v) is 4.17. The summed E-state index contributed by atoms with van der Waals surface area (Å²) in [5.74, 6) is 1.21. The fourth-order valence-electron chi connectivity index (χ4n) is 2.88. The molecule has 0 saturated carbocycles. The Kier molecular flexibility index (Phi) is 4.08. The lowest BCUT2D eigenvalue weighted by Crippen LogP contribution is -2.28. The summed E-state index contributed by atoms with van der Waals surface area (Å²) in [5, 5.41) is 3.47. The van der Waals surface area contributed by atoms with E-state index < -0.39 is 0 Å². The van der Waals surface area contributed by atoms with Crippen molar-refractivity contribution in [3.05, 3.63) is 65.5 Å². The first-order valence-electron chi connectivity index (χ1n) is 7.00. The number of hydrogen-bond acceptors (Lipinski definition) is 2. The molecular weight excluding hydrogens is 269 g/mol. The molecule has 0 amide bonds. The van der Waals surface area contributed by atoms with Crippen LogP contribution in [0, 0.1) is 5.82 Å². The summed E-state index contributed by atoms with van der Waals surface area (Å²) in [6, 6.07) is 15.6. The first-order valence-corrected chi connectivity index (χ1v) is 7.99. The molecule has 0 bridgehead atoms. The molecule has 3 heteroatoms. The second kappa shape index (κ2) is 5.98. The number of hydrogen-bond donors (Lipinski definition) is 1. The molecule has 0 radical (unpaired) electrons. The van der Waals surface area contributed by atoms with E-state index in [1.165, 1.54) is 10.5 Å². The molecule has 1 N–H and O–H groups in total. The van der Waals surface area contributed by atoms with Crippen LogP contribution in [0.4, 0.5) is 4.39 Å². The van der Waals surface area contributed by atoms with Gasteiger partial charge in [-0.25, -0.2) is 4.39 Å². The molecule has 1 aliphatic rings. The van der Waals surface area contributed by atoms with Crippen LogP contribution in [0.3, 0.4) is 0 Å². The zero-order chi connectivity index (χ0) is 13.9. The molecule has 1 nitrogen and oxygen atoms in total. The van der Waals surface area contributed by atoms with Gasteiger partial charge in [0.15, 0.2) is 0 Å². The van der Waals surface area contributed by atoms with Crippen molar-refractivity contribution in [2.45, 2.75) is 23.8 Å². The first-order chi connectivity index (χ1) is 9.81. The SMILES string of the molecule is CCNC(c1ccccc1F)C1CSc2ccccc21. The number of fused-ring (bicyclic) bond motifs is 1. The van der Waals surface area contributed by atoms with Crippen molar-refractivity contribution in [2.24, 2.45) is 0 Å². The lowest BCUT2D eigenvalue weighted by atomic mass is 9.88. The topological polar surface area (TPSA) is 12.0 Å². The van der Waals surface area contributed by atoms with E-state index in [-0.39, 0.29) is 11.9 Å². The second-order valence-electron chi connectivity index (χ2n) is 5.01. The molecule has 2 aromatic rings. The zero-order valence-corrected chi connectivity index (χ0v) is 12.3. The maximum atomic E-state index is 14.1. The van der Waals surface area contributed by atoms with Gasteiger partial charge in [0.05, 0.1) is 0 Å². The zero-order valence-electron chi connectivity index (χ0n) is 11.5. The predicted molar refractivity (Wildman–Crippen MR) is 82.7 cm³/mol. The minimum Gasteiger partial charge on any atom is -0.310 e. The summed E-state index contributed by atoms with van der Waals surface area (Å²) in [5.41, 5.74) is 2.11. The van der Waals surface area contributed by atoms with E-state index in [0.717, 1.165) is 17.9 Å². The summed E-state index contributed by atoms with van der Waals surface area (Å²) in [4.78, 5) is 1.33. The highest BCUT2D eigenvalue weighted by molar-refractivity contribution is 7.99. The highest BCUT2D eigenvalue weighted by Gasteiger charge is 2.31. The molecule has 1 heterocycles. The van der Waals surface area contributed by atoms with Gasteiger partial charge in [0.25, 0.3) is 0 Å². The normalized spacial score (nSPS) is 18.8. The molecular formula is C17H18FNS. The molecule has 2 aromatic carbocycles. The van der Waals surface area contributed by atoms with E-state index in [4.69, 9.17) is 0 Å². The maximum Gasteiger partial charge on any atom is 0.128 e. The third kappa shape index (κ3) is 2.48. The summed E-state index contributed by atoms with van der Waals surface area (Å²) in [6.07, 6.45) is 0. The van der Waals surface area contributed by atoms with Crippen LogP contribution in [0.5, 0.6) is 0 Å². The fraction of sp³-hybridized carbons (Fsp3) is 0.294. The van der Waals surface area contributed by atoms with Gasteiger partial charge in [-0.15, -0.1) is 11.8 Å². The van der Waals surface area contributed by atoms with E-state index in [0.29, 0.717) is 5.92 Å². The van der Waals surface area contributed by atoms with Crippen LogP contribution in [0.15, 0.2) is 53.4 Å². The van der Waals surface area contributed by atoms with Crippen molar-refractivity contribution in [1.29, 1.82) is 0 Å². The Morgan fingerprint density at radius 3 is 2.75 bits per heavy atom. The second-order valence-corrected chi connectivity index (χ2v) is 6.07. The summed E-state index contributed by atoms with van der Waals surface area (Å²) in [6.45, 7) is 2.91. The van der Waals surface area contributed by atoms with Crippen LogP contribution in [0.1, 0.15) is 30.0 Å². The van der Waals surface area contributed by atoms with Gasteiger partial charge in [-0.1, -0.05) is 43.3 Å². The molecule has 0 aliphatic carbocycles. The minimum absolute atomic E-state index is 0.0392. The van der Waals surface area contributed by atoms with Crippen molar-refractivity contribution in [2.75, 3.05) is 12.3 Å². The average molecular weight is 287 g/mol. The van der Waals surface area contributed by atoms with Gasteiger partial charge in [0.1, 0.15) is 5.82 Å². The van der Waals surface area contributed by atoms with Crippen LogP contribution in [0.25, 0.3) is 0 Å². The van der Waals surface area contributed by atoms with Gasteiger partial charge in [-0.3, -0.25) is 0 Å². The van der Waals surface area contributed by atoms with E-state index in [1.54, 1.807) is 12.1 Å². The van der Waals surface area contributed by atoms with Crippen molar-refractivity contribution in [3.63, 3.8) is 0 Å². The lowest BCUT2D eigenvalue weighted by Gasteiger charge is -2.25. The smallest absolute Gasteiger partial charge is 0.128 e. The highest BCUT2D eigenvalue weighted by atomic mass is 32.2. The molecule has 2 unspecified atom stereocenters. The molecule has 3 rings (SSSR count). The van der Waals surface area contributed by atoms with Gasteiger partial charge in [-0.05, 0) is 24.2 Å². The Bertz CT molecular complexity index is 599. The van der Waals surface area contributed by atoms with Crippen LogP contribution < -0.4 is 5.32 Å². The summed E-state index contributed by atoms with van der Waals surface area (Å²) >= 11 is 1.87. The van der Waals surface area contributed by atoms with Crippen LogP contribution in [-0.4, -0.2) is 12.3 Å². The highest BCUT2D eigenvalue weighted by Crippen LogP contribution is 2.45. The number of rotatable bonds is 4. The van der Waals surface area contributed by atoms with Crippen molar-refractivity contribution < 1.29 is 4.39 Å². The summed E-state index contributed by atoms with van der Waals surface area (Å²) in [7, 11) is 0. The van der Waals surface area contributed by atoms with Crippen molar-refractivity contribution >= 4 is 11.8 Å². The Morgan fingerprint density at radius 1 is 1.20 bits per heavy atom. The maximum absolute atomic E-state index is 14.1. The van der Waals surface area contributed by atoms with Crippen LogP contribution in [0.2, 0.25) is 0 Å². The first kappa shape index (κ1) is 13.7. The quantitative estimate of drug-likeness (QED) is 0.896. The van der Waals surface area contributed by atoms with Crippen molar-refractivity contribution in [1.82, 2.24) is 5.32 Å². The van der Waals surface area contributed by atoms with Crippen molar-refractivity contribution in [3.8, 4) is 0 Å². The number of nitrogens with one attached hydrogen (secondary N) is 1. The molecule has 104 valence electrons. The largest absolute Gasteiger partial charge is 0.310 e. The Labute approximate surface area is 123 Å². The monoisotopic (exact) mass is 287 g/mol. The molecule has 20 heavy (non-hydrogen) atoms. The van der Waals surface area contributed by atoms with E-state index >= 15 is 0 Å². The van der Waals surface area contributed by atoms with Gasteiger partial charge < -0.3 is 5.32 Å². The number of benzene rings is 2. The average Bonchev–Trinajstić information content (AvgIpc) is 2.90. The molecule has 1 aliphatic heterocycles. The van der Waals surface area contributed by atoms with Gasteiger partial charge >= 0.3 is 0 Å². The van der Waals surface area contributed by atoms with E-state index in [2.05, 4.69) is 36.5 Å². The predicted octanol–water partition coefficient (Wildman–Crippen LogP) is 4.37. The van der Waals surface area contributed by atoms with Crippen LogP contribution in [-0.2, 0) is 0 Å². The third-order valence-electron chi connectivity index (χ3n) is 3.80. The molecule has 0 spiro atoms. The number of likely N-dealkylation sites (N-methyl/N-ethyl adjacent to an activating group) is 1. The molecule has 0 saturated heterocycles. The van der Waals surface area contributed by atoms with E-state index in [1.807, 2.05) is 23.9 Å². The number of halogens is 1. The van der Waals surface area contributed by atoms with E-state index in [9.17, 15) is 4.39 Å². The Hall–Kier alpha value is -1.32. The molecule has 2 atom stereocenters. The Balaban J connectivity index is 1.99. The Morgan fingerprint density at radius 2 is 1.95 bits per heavy atom. The van der Waals surface area contributed by atoms with Gasteiger partial charge in [0.2, 0.25) is 0 Å². The third-order valence-corrected chi connectivity index (χ3v) is 5.01. The summed E-state index contributed by atoms with van der Waals surface area (Å²) < 4.78 is 14.1. The minimum atomic E-state index is -0.118. The lowest BCUT2D eigenvalue weighted by molar-refractivity contribution is 0.460. The van der Waals surface area contributed by atoms with Gasteiger partial charge in [-0.2, -0.15) is 0 Å². The molecule has 0 fully saturated rings. The molecule has 0 aromatic heterocycles. The standard InChI is InChI=1S/C17H18FNS/c1-2-19-17(13-8-3-5-9-15(13)18)14-11-20-16-10-6-4-7-12(14)16/h3-10,14,17,19H,2,11H2,1H3. The number of thioether (sulfide) groups is 1.